The maximum Gasteiger partial charge on any atom is 0.309 e. The second-order valence-corrected chi connectivity index (χ2v) is 10.8. The van der Waals surface area contributed by atoms with Gasteiger partial charge in [0, 0.05) is 22.6 Å². The number of esters is 1. The van der Waals surface area contributed by atoms with Gasteiger partial charge in [-0.3, -0.25) is 14.9 Å². The zero-order chi connectivity index (χ0) is 19.6. The number of fused-ring (bicyclic) bond motifs is 4. The van der Waals surface area contributed by atoms with Gasteiger partial charge in [-0.25, -0.2) is 4.98 Å². The van der Waals surface area contributed by atoms with E-state index in [0.717, 1.165) is 25.0 Å². The number of nitrogens with one attached hydrogen (secondary N) is 1. The number of thiazole rings is 1. The topological polar surface area (TPSA) is 68.3 Å². The molecule has 0 bridgehead atoms. The van der Waals surface area contributed by atoms with E-state index in [1.54, 1.807) is 11.3 Å². The number of nitrogens with zero attached hydrogens (tertiary/aromatic N) is 1. The molecule has 148 valence electrons. The number of ether oxygens (including phenoxy) is 1. The Labute approximate surface area is 172 Å². The van der Waals surface area contributed by atoms with Gasteiger partial charge in [0.2, 0.25) is 0 Å². The lowest BCUT2D eigenvalue weighted by Crippen LogP contribution is -2.50. The SMILES string of the molecule is C[C@@H]1C(=O)O[C@@H]2[C@H]1CC[C@]1(C)Cc3sc(NC(=O)c4cccs4)nc3[C@H](C)[C@H]21. The molecule has 5 nitrogen and oxygen atoms in total. The second kappa shape index (κ2) is 6.39. The molecule has 28 heavy (non-hydrogen) atoms. The lowest BCUT2D eigenvalue weighted by atomic mass is 9.54. The summed E-state index contributed by atoms with van der Waals surface area (Å²) in [6, 6.07) is 3.70. The summed E-state index contributed by atoms with van der Waals surface area (Å²) in [5.41, 5.74) is 1.18. The van der Waals surface area contributed by atoms with Gasteiger partial charge in [0.15, 0.2) is 5.13 Å². The maximum absolute atomic E-state index is 12.4. The standard InChI is InChI=1S/C21H24N2O3S2/c1-10-12-6-7-21(3)9-14-16(11(2)15(21)17(12)26-19(10)25)22-20(28-14)23-18(24)13-5-4-8-27-13/h4-5,8,10-12,15,17H,6-7,9H2,1-3H3,(H,22,23,24)/t10-,11+,12-,15+,17+,21+/m0/s1. The van der Waals surface area contributed by atoms with Crippen LogP contribution in [0.1, 0.15) is 59.8 Å². The van der Waals surface area contributed by atoms with E-state index in [-0.39, 0.29) is 41.1 Å². The van der Waals surface area contributed by atoms with E-state index in [2.05, 4.69) is 19.2 Å². The molecule has 2 aromatic rings. The Morgan fingerprint density at radius 3 is 2.93 bits per heavy atom. The number of hydrogen-bond acceptors (Lipinski definition) is 6. The molecule has 0 unspecified atom stereocenters. The third-order valence-electron chi connectivity index (χ3n) is 7.12. The van der Waals surface area contributed by atoms with Gasteiger partial charge in [0.05, 0.1) is 16.5 Å². The Hall–Kier alpha value is -1.73. The first-order valence-electron chi connectivity index (χ1n) is 9.92. The molecular weight excluding hydrogens is 392 g/mol. The molecule has 0 aromatic carbocycles. The van der Waals surface area contributed by atoms with Crippen molar-refractivity contribution in [2.45, 2.75) is 52.1 Å². The predicted molar refractivity (Wildman–Crippen MR) is 110 cm³/mol. The number of carbonyl (C=O) groups is 2. The monoisotopic (exact) mass is 416 g/mol. The van der Waals surface area contributed by atoms with Crippen LogP contribution in [0.4, 0.5) is 5.13 Å². The Bertz CT molecular complexity index is 938. The normalized spacial score (nSPS) is 36.2. The third kappa shape index (κ3) is 2.66. The Balaban J connectivity index is 1.45. The number of amides is 1. The first kappa shape index (κ1) is 18.3. The van der Waals surface area contributed by atoms with Crippen LogP contribution >= 0.6 is 22.7 Å². The first-order valence-corrected chi connectivity index (χ1v) is 11.6. The van der Waals surface area contributed by atoms with Gasteiger partial charge in [0.1, 0.15) is 6.10 Å². The first-order chi connectivity index (χ1) is 13.4. The van der Waals surface area contributed by atoms with Crippen LogP contribution in [0.3, 0.4) is 0 Å². The lowest BCUT2D eigenvalue weighted by Gasteiger charge is -2.51. The minimum Gasteiger partial charge on any atom is -0.461 e. The Kier molecular flexibility index (Phi) is 4.18. The third-order valence-corrected chi connectivity index (χ3v) is 8.98. The van der Waals surface area contributed by atoms with Crippen molar-refractivity contribution < 1.29 is 14.3 Å². The lowest BCUT2D eigenvalue weighted by molar-refractivity contribution is -0.149. The molecule has 1 saturated heterocycles. The summed E-state index contributed by atoms with van der Waals surface area (Å²) in [6.07, 6.45) is 3.10. The van der Waals surface area contributed by atoms with Crippen molar-refractivity contribution in [2.75, 3.05) is 5.32 Å². The van der Waals surface area contributed by atoms with Crippen molar-refractivity contribution in [3.8, 4) is 0 Å². The van der Waals surface area contributed by atoms with Crippen molar-refractivity contribution in [1.82, 2.24) is 4.98 Å². The van der Waals surface area contributed by atoms with E-state index in [9.17, 15) is 9.59 Å². The average Bonchev–Trinajstić information content (AvgIpc) is 3.35. The number of hydrogen-bond donors (Lipinski definition) is 1. The van der Waals surface area contributed by atoms with E-state index in [1.807, 2.05) is 24.4 Å². The van der Waals surface area contributed by atoms with Crippen molar-refractivity contribution >= 4 is 39.7 Å². The Morgan fingerprint density at radius 2 is 2.18 bits per heavy atom. The quantitative estimate of drug-likeness (QED) is 0.720. The summed E-state index contributed by atoms with van der Waals surface area (Å²) in [5, 5.41) is 5.54. The highest BCUT2D eigenvalue weighted by Gasteiger charge is 2.58. The van der Waals surface area contributed by atoms with Gasteiger partial charge in [-0.2, -0.15) is 0 Å². The largest absolute Gasteiger partial charge is 0.461 e. The Morgan fingerprint density at radius 1 is 1.36 bits per heavy atom. The summed E-state index contributed by atoms with van der Waals surface area (Å²) < 4.78 is 5.89. The van der Waals surface area contributed by atoms with Crippen LogP contribution in [-0.2, 0) is 16.0 Å². The van der Waals surface area contributed by atoms with Crippen LogP contribution in [0.5, 0.6) is 0 Å². The van der Waals surface area contributed by atoms with E-state index in [4.69, 9.17) is 9.72 Å². The summed E-state index contributed by atoms with van der Waals surface area (Å²) in [4.78, 5) is 31.4. The molecule has 1 aliphatic heterocycles. The number of aromatic nitrogens is 1. The number of rotatable bonds is 2. The molecule has 7 heteroatoms. The highest BCUT2D eigenvalue weighted by atomic mass is 32.1. The molecule has 0 radical (unpaired) electrons. The summed E-state index contributed by atoms with van der Waals surface area (Å²) in [6.45, 7) is 6.56. The fourth-order valence-corrected chi connectivity index (χ4v) is 7.58. The van der Waals surface area contributed by atoms with Crippen LogP contribution in [0.15, 0.2) is 17.5 Å². The van der Waals surface area contributed by atoms with Crippen LogP contribution in [0.2, 0.25) is 0 Å². The highest BCUT2D eigenvalue weighted by molar-refractivity contribution is 7.16. The zero-order valence-electron chi connectivity index (χ0n) is 16.2. The van der Waals surface area contributed by atoms with Crippen molar-refractivity contribution in [2.24, 2.45) is 23.2 Å². The number of anilines is 1. The fraction of sp³-hybridized carbons (Fsp3) is 0.571. The highest BCUT2D eigenvalue weighted by Crippen LogP contribution is 2.59. The smallest absolute Gasteiger partial charge is 0.309 e. The van der Waals surface area contributed by atoms with Crippen LogP contribution in [0.25, 0.3) is 0 Å². The average molecular weight is 417 g/mol. The van der Waals surface area contributed by atoms with Crippen molar-refractivity contribution in [1.29, 1.82) is 0 Å². The van der Waals surface area contributed by atoms with Crippen LogP contribution < -0.4 is 5.32 Å². The van der Waals surface area contributed by atoms with Gasteiger partial charge >= 0.3 is 5.97 Å². The molecule has 6 atom stereocenters. The summed E-state index contributed by atoms with van der Waals surface area (Å²) in [5.74, 6) is 0.680. The molecule has 3 aliphatic rings. The molecule has 3 heterocycles. The van der Waals surface area contributed by atoms with Crippen molar-refractivity contribution in [3.63, 3.8) is 0 Å². The zero-order valence-corrected chi connectivity index (χ0v) is 17.9. The van der Waals surface area contributed by atoms with Crippen molar-refractivity contribution in [3.05, 3.63) is 33.0 Å². The molecule has 1 saturated carbocycles. The fourth-order valence-electron chi connectivity index (χ4n) is 5.70. The van der Waals surface area contributed by atoms with E-state index in [1.165, 1.54) is 16.2 Å². The van der Waals surface area contributed by atoms with Gasteiger partial charge in [-0.1, -0.05) is 26.8 Å². The molecule has 1 N–H and O–H groups in total. The van der Waals surface area contributed by atoms with E-state index in [0.29, 0.717) is 15.9 Å². The minimum atomic E-state index is -0.101. The molecule has 5 rings (SSSR count). The molecule has 0 spiro atoms. The molecule has 2 aliphatic carbocycles. The van der Waals surface area contributed by atoms with Gasteiger partial charge in [0.25, 0.3) is 5.91 Å². The number of thiophene rings is 1. The molecule has 1 amide bonds. The van der Waals surface area contributed by atoms with E-state index < -0.39 is 0 Å². The number of carbonyl (C=O) groups excluding carboxylic acids is 2. The summed E-state index contributed by atoms with van der Waals surface area (Å²) >= 11 is 3.03. The molecule has 2 aromatic heterocycles. The van der Waals surface area contributed by atoms with Crippen LogP contribution in [-0.4, -0.2) is 23.0 Å². The second-order valence-electron chi connectivity index (χ2n) is 8.80. The van der Waals surface area contributed by atoms with Gasteiger partial charge < -0.3 is 4.74 Å². The minimum absolute atomic E-state index is 0.000717. The van der Waals surface area contributed by atoms with E-state index >= 15 is 0 Å². The molecular formula is C21H24N2O3S2. The maximum atomic E-state index is 12.4. The molecule has 2 fully saturated rings. The summed E-state index contributed by atoms with van der Waals surface area (Å²) in [7, 11) is 0. The predicted octanol–water partition coefficient (Wildman–Crippen LogP) is 4.71. The van der Waals surface area contributed by atoms with Crippen LogP contribution in [0, 0.1) is 23.2 Å². The van der Waals surface area contributed by atoms with Gasteiger partial charge in [-0.05, 0) is 36.1 Å². The van der Waals surface area contributed by atoms with Gasteiger partial charge in [-0.15, -0.1) is 22.7 Å².